The molecule has 0 heterocycles. The Morgan fingerprint density at radius 3 is 2.11 bits per heavy atom. The molecule has 140 valence electrons. The number of ketones is 1. The van der Waals surface area contributed by atoms with Crippen molar-refractivity contribution < 1.29 is 23.9 Å². The topological polar surface area (TPSA) is 116 Å². The van der Waals surface area contributed by atoms with Gasteiger partial charge in [0.1, 0.15) is 6.04 Å². The Labute approximate surface area is 156 Å². The minimum Gasteiger partial charge on any atom is -0.456 e. The molecule has 3 N–H and O–H groups in total. The van der Waals surface area contributed by atoms with E-state index < -0.39 is 30.4 Å². The van der Waals surface area contributed by atoms with E-state index in [2.05, 4.69) is 10.1 Å². The predicted molar refractivity (Wildman–Crippen MR) is 97.8 cm³/mol. The van der Waals surface area contributed by atoms with Crippen LogP contribution in [-0.2, 0) is 25.5 Å². The van der Waals surface area contributed by atoms with E-state index >= 15 is 0 Å². The summed E-state index contributed by atoms with van der Waals surface area (Å²) in [5.41, 5.74) is 7.14. The number of carbonyl (C=O) groups is 4. The van der Waals surface area contributed by atoms with Crippen LogP contribution in [0.4, 0.5) is 0 Å². The van der Waals surface area contributed by atoms with E-state index in [1.807, 2.05) is 6.07 Å². The highest BCUT2D eigenvalue weighted by atomic mass is 16.5. The van der Waals surface area contributed by atoms with E-state index in [9.17, 15) is 19.2 Å². The number of hydrogen-bond acceptors (Lipinski definition) is 5. The van der Waals surface area contributed by atoms with Crippen molar-refractivity contribution in [3.05, 3.63) is 71.3 Å². The number of ether oxygens (including phenoxy) is 1. The number of amides is 2. The van der Waals surface area contributed by atoms with E-state index in [0.29, 0.717) is 11.1 Å². The van der Waals surface area contributed by atoms with Crippen LogP contribution in [0.15, 0.2) is 54.6 Å². The molecule has 0 saturated carbocycles. The molecule has 1 atom stereocenters. The number of primary amides is 1. The van der Waals surface area contributed by atoms with Crippen LogP contribution in [0.3, 0.4) is 0 Å². The van der Waals surface area contributed by atoms with Crippen molar-refractivity contribution >= 4 is 23.6 Å². The van der Waals surface area contributed by atoms with Gasteiger partial charge in [0.05, 0.1) is 0 Å². The fourth-order valence-corrected chi connectivity index (χ4v) is 2.41. The van der Waals surface area contributed by atoms with Crippen molar-refractivity contribution in [3.63, 3.8) is 0 Å². The highest BCUT2D eigenvalue weighted by molar-refractivity contribution is 6.08. The standard InChI is InChI=1S/C20H20N2O5/c1-13(23)27-12-18(24)22-17(20(21)26)11-14-7-9-16(10-8-14)19(25)15-5-3-2-4-6-15/h2-10,17H,11-12H2,1H3,(H2,21,26)(H,22,24)/t17-/m1/s1. The Balaban J connectivity index is 2.02. The summed E-state index contributed by atoms with van der Waals surface area (Å²) in [5.74, 6) is -2.04. The fraction of sp³-hybridized carbons (Fsp3) is 0.200. The van der Waals surface area contributed by atoms with Gasteiger partial charge in [-0.15, -0.1) is 0 Å². The number of nitrogens with one attached hydrogen (secondary N) is 1. The molecular formula is C20H20N2O5. The van der Waals surface area contributed by atoms with Crippen LogP contribution in [0.2, 0.25) is 0 Å². The summed E-state index contributed by atoms with van der Waals surface area (Å²) in [5, 5.41) is 2.43. The van der Waals surface area contributed by atoms with E-state index in [0.717, 1.165) is 5.56 Å². The maximum atomic E-state index is 12.4. The molecule has 0 aromatic heterocycles. The second-order valence-electron chi connectivity index (χ2n) is 5.90. The van der Waals surface area contributed by atoms with Crippen molar-refractivity contribution in [1.29, 1.82) is 0 Å². The molecule has 7 heteroatoms. The summed E-state index contributed by atoms with van der Waals surface area (Å²) in [7, 11) is 0. The third-order valence-electron chi connectivity index (χ3n) is 3.78. The molecule has 2 amide bonds. The maximum Gasteiger partial charge on any atom is 0.303 e. The number of benzene rings is 2. The van der Waals surface area contributed by atoms with Gasteiger partial charge in [0, 0.05) is 24.5 Å². The Bertz CT molecular complexity index is 831. The number of hydrogen-bond donors (Lipinski definition) is 2. The van der Waals surface area contributed by atoms with Gasteiger partial charge < -0.3 is 15.8 Å². The Hall–Kier alpha value is -3.48. The SMILES string of the molecule is CC(=O)OCC(=O)N[C@H](Cc1ccc(C(=O)c2ccccc2)cc1)C(N)=O. The third-order valence-corrected chi connectivity index (χ3v) is 3.78. The highest BCUT2D eigenvalue weighted by Crippen LogP contribution is 2.12. The van der Waals surface area contributed by atoms with Crippen LogP contribution in [0, 0.1) is 0 Å². The second kappa shape index (κ2) is 9.28. The second-order valence-corrected chi connectivity index (χ2v) is 5.90. The van der Waals surface area contributed by atoms with Crippen LogP contribution in [0.25, 0.3) is 0 Å². The van der Waals surface area contributed by atoms with Gasteiger partial charge in [0.2, 0.25) is 5.91 Å². The van der Waals surface area contributed by atoms with Gasteiger partial charge in [-0.1, -0.05) is 54.6 Å². The predicted octanol–water partition coefficient (Wildman–Crippen LogP) is 0.993. The molecule has 2 aromatic rings. The molecule has 0 unspecified atom stereocenters. The van der Waals surface area contributed by atoms with Crippen LogP contribution < -0.4 is 11.1 Å². The monoisotopic (exact) mass is 368 g/mol. The van der Waals surface area contributed by atoms with Crippen LogP contribution in [0.1, 0.15) is 28.4 Å². The zero-order valence-corrected chi connectivity index (χ0v) is 14.8. The first-order chi connectivity index (χ1) is 12.9. The van der Waals surface area contributed by atoms with Gasteiger partial charge in [0.25, 0.3) is 5.91 Å². The zero-order valence-electron chi connectivity index (χ0n) is 14.8. The average Bonchev–Trinajstić information content (AvgIpc) is 2.66. The van der Waals surface area contributed by atoms with Crippen molar-refractivity contribution in [3.8, 4) is 0 Å². The van der Waals surface area contributed by atoms with Crippen molar-refractivity contribution in [2.75, 3.05) is 6.61 Å². The first kappa shape index (κ1) is 19.8. The molecule has 0 saturated heterocycles. The quantitative estimate of drug-likeness (QED) is 0.533. The van der Waals surface area contributed by atoms with E-state index in [1.165, 1.54) is 6.92 Å². The lowest BCUT2D eigenvalue weighted by atomic mass is 9.99. The van der Waals surface area contributed by atoms with Gasteiger partial charge in [-0.2, -0.15) is 0 Å². The number of nitrogens with two attached hydrogens (primary N) is 1. The zero-order chi connectivity index (χ0) is 19.8. The largest absolute Gasteiger partial charge is 0.456 e. The molecule has 0 aliphatic heterocycles. The van der Waals surface area contributed by atoms with Gasteiger partial charge in [-0.3, -0.25) is 19.2 Å². The first-order valence-electron chi connectivity index (χ1n) is 8.27. The molecule has 7 nitrogen and oxygen atoms in total. The Morgan fingerprint density at radius 1 is 0.963 bits per heavy atom. The average molecular weight is 368 g/mol. The lowest BCUT2D eigenvalue weighted by Gasteiger charge is -2.15. The smallest absolute Gasteiger partial charge is 0.303 e. The third kappa shape index (κ3) is 6.07. The molecule has 0 aliphatic carbocycles. The summed E-state index contributed by atoms with van der Waals surface area (Å²) in [6.45, 7) is 0.695. The van der Waals surface area contributed by atoms with E-state index in [4.69, 9.17) is 5.73 Å². The van der Waals surface area contributed by atoms with E-state index in [-0.39, 0.29) is 12.2 Å². The molecule has 0 bridgehead atoms. The minimum absolute atomic E-state index is 0.108. The van der Waals surface area contributed by atoms with Crippen molar-refractivity contribution in [2.24, 2.45) is 5.73 Å². The van der Waals surface area contributed by atoms with Gasteiger partial charge in [0.15, 0.2) is 12.4 Å². The first-order valence-corrected chi connectivity index (χ1v) is 8.27. The van der Waals surface area contributed by atoms with E-state index in [1.54, 1.807) is 48.5 Å². The molecule has 2 aromatic carbocycles. The van der Waals surface area contributed by atoms with Crippen LogP contribution in [0.5, 0.6) is 0 Å². The van der Waals surface area contributed by atoms with Gasteiger partial charge in [-0.25, -0.2) is 0 Å². The van der Waals surface area contributed by atoms with Crippen molar-refractivity contribution in [2.45, 2.75) is 19.4 Å². The molecule has 2 rings (SSSR count). The summed E-state index contributed by atoms with van der Waals surface area (Å²) >= 11 is 0. The Kier molecular flexibility index (Phi) is 6.82. The molecule has 0 fully saturated rings. The molecule has 0 radical (unpaired) electrons. The lowest BCUT2D eigenvalue weighted by Crippen LogP contribution is -2.47. The maximum absolute atomic E-state index is 12.4. The molecule has 0 aliphatic rings. The molecule has 27 heavy (non-hydrogen) atoms. The molecule has 0 spiro atoms. The number of carbonyl (C=O) groups excluding carboxylic acids is 4. The van der Waals surface area contributed by atoms with Crippen LogP contribution in [-0.4, -0.2) is 36.2 Å². The van der Waals surface area contributed by atoms with Crippen molar-refractivity contribution in [1.82, 2.24) is 5.32 Å². The number of esters is 1. The fourth-order valence-electron chi connectivity index (χ4n) is 2.41. The van der Waals surface area contributed by atoms with Crippen LogP contribution >= 0.6 is 0 Å². The minimum atomic E-state index is -0.955. The lowest BCUT2D eigenvalue weighted by molar-refractivity contribution is -0.146. The van der Waals surface area contributed by atoms with Gasteiger partial charge >= 0.3 is 5.97 Å². The summed E-state index contributed by atoms with van der Waals surface area (Å²) < 4.78 is 4.58. The summed E-state index contributed by atoms with van der Waals surface area (Å²) in [4.78, 5) is 46.4. The summed E-state index contributed by atoms with van der Waals surface area (Å²) in [6.07, 6.45) is 0.154. The summed E-state index contributed by atoms with van der Waals surface area (Å²) in [6, 6.07) is 14.6. The van der Waals surface area contributed by atoms with Gasteiger partial charge in [-0.05, 0) is 5.56 Å². The highest BCUT2D eigenvalue weighted by Gasteiger charge is 2.19. The number of rotatable bonds is 8. The molecular weight excluding hydrogens is 348 g/mol. The normalized spacial score (nSPS) is 11.3. The Morgan fingerprint density at radius 2 is 1.56 bits per heavy atom.